The van der Waals surface area contributed by atoms with Crippen LogP contribution in [0.2, 0.25) is 10.0 Å². The van der Waals surface area contributed by atoms with E-state index < -0.39 is 12.0 Å². The number of benzene rings is 1. The largest absolute Gasteiger partial charge is 0.465 e. The van der Waals surface area contributed by atoms with Gasteiger partial charge in [-0.3, -0.25) is 5.32 Å². The summed E-state index contributed by atoms with van der Waals surface area (Å²) in [4.78, 5) is 11.8. The third-order valence-corrected chi connectivity index (χ3v) is 2.95. The zero-order chi connectivity index (χ0) is 13.5. The average molecular weight is 286 g/mol. The fourth-order valence-corrected chi connectivity index (χ4v) is 1.72. The molecule has 0 bridgehead atoms. The maximum Gasteiger partial charge on any atom is 0.327 e. The molecule has 5 heteroatoms. The second-order valence-electron chi connectivity index (χ2n) is 3.44. The van der Waals surface area contributed by atoms with Gasteiger partial charge >= 0.3 is 5.97 Å². The Morgan fingerprint density at radius 3 is 2.78 bits per heavy atom. The average Bonchev–Trinajstić information content (AvgIpc) is 2.34. The molecule has 0 spiro atoms. The minimum Gasteiger partial charge on any atom is -0.465 e. The molecule has 0 heterocycles. The molecule has 1 aromatic carbocycles. The highest BCUT2D eigenvalue weighted by Gasteiger charge is 2.21. The number of rotatable bonds is 5. The first kappa shape index (κ1) is 14.8. The van der Waals surface area contributed by atoms with Gasteiger partial charge in [-0.15, -0.1) is 6.42 Å². The van der Waals surface area contributed by atoms with E-state index in [0.717, 1.165) is 0 Å². The molecular formula is C13H13Cl2NO2. The third-order valence-electron chi connectivity index (χ3n) is 2.21. The molecule has 0 fully saturated rings. The van der Waals surface area contributed by atoms with E-state index in [4.69, 9.17) is 34.4 Å². The Balaban J connectivity index is 2.97. The zero-order valence-electron chi connectivity index (χ0n) is 9.87. The molecule has 0 aromatic heterocycles. The highest BCUT2D eigenvalue weighted by molar-refractivity contribution is 6.42. The van der Waals surface area contributed by atoms with Gasteiger partial charge in [0.1, 0.15) is 6.04 Å². The fraction of sp³-hybridized carbons (Fsp3) is 0.308. The molecule has 0 radical (unpaired) electrons. The summed E-state index contributed by atoms with van der Waals surface area (Å²) in [5.41, 5.74) is 0.665. The van der Waals surface area contributed by atoms with Crippen molar-refractivity contribution in [2.75, 3.05) is 13.2 Å². The van der Waals surface area contributed by atoms with Crippen molar-refractivity contribution >= 4 is 29.2 Å². The van der Waals surface area contributed by atoms with E-state index in [-0.39, 0.29) is 6.54 Å². The third kappa shape index (κ3) is 3.92. The molecule has 0 aliphatic rings. The van der Waals surface area contributed by atoms with Crippen LogP contribution < -0.4 is 5.32 Å². The van der Waals surface area contributed by atoms with Gasteiger partial charge < -0.3 is 4.74 Å². The van der Waals surface area contributed by atoms with Gasteiger partial charge in [0.15, 0.2) is 0 Å². The van der Waals surface area contributed by atoms with E-state index in [9.17, 15) is 4.79 Å². The Kier molecular flexibility index (Phi) is 6.00. The predicted octanol–water partition coefficient (Wildman–Crippen LogP) is 2.82. The number of halogens is 2. The first-order valence-electron chi connectivity index (χ1n) is 5.38. The molecular weight excluding hydrogens is 273 g/mol. The molecule has 0 saturated carbocycles. The summed E-state index contributed by atoms with van der Waals surface area (Å²) >= 11 is 11.8. The molecule has 0 saturated heterocycles. The van der Waals surface area contributed by atoms with E-state index in [0.29, 0.717) is 22.2 Å². The number of carbonyl (C=O) groups is 1. The Labute approximate surface area is 116 Å². The van der Waals surface area contributed by atoms with Crippen LogP contribution in [0.3, 0.4) is 0 Å². The lowest BCUT2D eigenvalue weighted by Crippen LogP contribution is -2.30. The van der Waals surface area contributed by atoms with Crippen LogP contribution in [0, 0.1) is 12.3 Å². The lowest BCUT2D eigenvalue weighted by molar-refractivity contribution is -0.145. The summed E-state index contributed by atoms with van der Waals surface area (Å²) in [6, 6.07) is 4.31. The maximum absolute atomic E-state index is 11.8. The van der Waals surface area contributed by atoms with Crippen molar-refractivity contribution in [2.24, 2.45) is 0 Å². The van der Waals surface area contributed by atoms with Crippen molar-refractivity contribution in [1.82, 2.24) is 5.32 Å². The molecule has 0 aliphatic carbocycles. The number of hydrogen-bond donors (Lipinski definition) is 1. The van der Waals surface area contributed by atoms with E-state index in [1.165, 1.54) is 0 Å². The van der Waals surface area contributed by atoms with E-state index >= 15 is 0 Å². The molecule has 3 nitrogen and oxygen atoms in total. The predicted molar refractivity (Wildman–Crippen MR) is 72.7 cm³/mol. The number of carbonyl (C=O) groups excluding carboxylic acids is 1. The molecule has 1 aromatic rings. The highest BCUT2D eigenvalue weighted by Crippen LogP contribution is 2.26. The molecule has 18 heavy (non-hydrogen) atoms. The van der Waals surface area contributed by atoms with Crippen LogP contribution in [0.25, 0.3) is 0 Å². The highest BCUT2D eigenvalue weighted by atomic mass is 35.5. The van der Waals surface area contributed by atoms with Crippen LogP contribution in [-0.4, -0.2) is 19.1 Å². The van der Waals surface area contributed by atoms with Gasteiger partial charge in [-0.2, -0.15) is 0 Å². The van der Waals surface area contributed by atoms with Crippen molar-refractivity contribution in [3.8, 4) is 12.3 Å². The summed E-state index contributed by atoms with van der Waals surface area (Å²) in [6.45, 7) is 2.29. The van der Waals surface area contributed by atoms with E-state index in [2.05, 4.69) is 11.2 Å². The number of esters is 1. The summed E-state index contributed by atoms with van der Waals surface area (Å²) in [6.07, 6.45) is 5.17. The minimum absolute atomic E-state index is 0.254. The van der Waals surface area contributed by atoms with Gasteiger partial charge in [0.2, 0.25) is 0 Å². The topological polar surface area (TPSA) is 38.3 Å². The van der Waals surface area contributed by atoms with Gasteiger partial charge in [-0.1, -0.05) is 35.2 Å². The Morgan fingerprint density at radius 1 is 1.50 bits per heavy atom. The normalized spacial score (nSPS) is 11.7. The molecule has 1 N–H and O–H groups in total. The summed E-state index contributed by atoms with van der Waals surface area (Å²) in [7, 11) is 0. The first-order valence-corrected chi connectivity index (χ1v) is 6.14. The van der Waals surface area contributed by atoms with Gasteiger partial charge in [0, 0.05) is 0 Å². The van der Waals surface area contributed by atoms with Gasteiger partial charge in [0.25, 0.3) is 0 Å². The first-order chi connectivity index (χ1) is 8.60. The van der Waals surface area contributed by atoms with Crippen molar-refractivity contribution in [3.63, 3.8) is 0 Å². The second kappa shape index (κ2) is 7.27. The molecule has 1 atom stereocenters. The van der Waals surface area contributed by atoms with Crippen LogP contribution in [0.4, 0.5) is 0 Å². The SMILES string of the molecule is C#CCNC(C(=O)OCC)c1ccc(Cl)c(Cl)c1. The Hall–Kier alpha value is -1.21. The van der Waals surface area contributed by atoms with Crippen molar-refractivity contribution in [1.29, 1.82) is 0 Å². The smallest absolute Gasteiger partial charge is 0.327 e. The maximum atomic E-state index is 11.8. The lowest BCUT2D eigenvalue weighted by atomic mass is 10.1. The number of ether oxygens (including phenoxy) is 1. The van der Waals surface area contributed by atoms with Crippen molar-refractivity contribution in [2.45, 2.75) is 13.0 Å². The quantitative estimate of drug-likeness (QED) is 0.668. The molecule has 96 valence electrons. The standard InChI is InChI=1S/C13H13Cl2NO2/c1-3-7-16-12(13(17)18-4-2)9-5-6-10(14)11(15)8-9/h1,5-6,8,12,16H,4,7H2,2H3. The van der Waals surface area contributed by atoms with Crippen LogP contribution in [0.15, 0.2) is 18.2 Å². The van der Waals surface area contributed by atoms with Gasteiger partial charge in [-0.05, 0) is 24.6 Å². The van der Waals surface area contributed by atoms with Crippen molar-refractivity contribution in [3.05, 3.63) is 33.8 Å². The van der Waals surface area contributed by atoms with Gasteiger partial charge in [-0.25, -0.2) is 4.79 Å². The summed E-state index contributed by atoms with van der Waals surface area (Å²) in [5.74, 6) is 2.02. The summed E-state index contributed by atoms with van der Waals surface area (Å²) < 4.78 is 4.98. The van der Waals surface area contributed by atoms with E-state index in [1.807, 2.05) is 0 Å². The van der Waals surface area contributed by atoms with Crippen molar-refractivity contribution < 1.29 is 9.53 Å². The van der Waals surface area contributed by atoms with Crippen LogP contribution in [-0.2, 0) is 9.53 Å². The van der Waals surface area contributed by atoms with Gasteiger partial charge in [0.05, 0.1) is 23.2 Å². The lowest BCUT2D eigenvalue weighted by Gasteiger charge is -2.16. The number of nitrogens with one attached hydrogen (secondary N) is 1. The summed E-state index contributed by atoms with van der Waals surface area (Å²) in [5, 5.41) is 3.72. The Bertz CT molecular complexity index is 469. The Morgan fingerprint density at radius 2 is 2.22 bits per heavy atom. The number of hydrogen-bond acceptors (Lipinski definition) is 3. The fourth-order valence-electron chi connectivity index (χ4n) is 1.42. The monoisotopic (exact) mass is 285 g/mol. The molecule has 1 rings (SSSR count). The van der Waals surface area contributed by atoms with Crippen LogP contribution in [0.5, 0.6) is 0 Å². The number of terminal acetylenes is 1. The van der Waals surface area contributed by atoms with E-state index in [1.54, 1.807) is 25.1 Å². The zero-order valence-corrected chi connectivity index (χ0v) is 11.4. The molecule has 0 aliphatic heterocycles. The van der Waals surface area contributed by atoms with Crippen LogP contribution >= 0.6 is 23.2 Å². The second-order valence-corrected chi connectivity index (χ2v) is 4.26. The van der Waals surface area contributed by atoms with Crippen LogP contribution in [0.1, 0.15) is 18.5 Å². The molecule has 0 amide bonds. The minimum atomic E-state index is -0.643. The molecule has 1 unspecified atom stereocenters.